The maximum Gasteiger partial charge on any atom is 0.202 e. The molecule has 2 aromatic rings. The number of ketones is 1. The van der Waals surface area contributed by atoms with Crippen LogP contribution in [0.1, 0.15) is 40.2 Å². The number of aryl methyl sites for hydroxylation is 1. The summed E-state index contributed by atoms with van der Waals surface area (Å²) in [5.41, 5.74) is 3.09. The molecule has 1 aromatic carbocycles. The molecule has 2 heterocycles. The Morgan fingerprint density at radius 2 is 2.20 bits per heavy atom. The van der Waals surface area contributed by atoms with E-state index in [1.165, 1.54) is 0 Å². The Bertz CT molecular complexity index is 811. The third kappa shape index (κ3) is 3.75. The molecule has 0 N–H and O–H groups in total. The Hall–Kier alpha value is -2.58. The van der Waals surface area contributed by atoms with Crippen molar-refractivity contribution in [3.8, 4) is 11.8 Å². The number of rotatable bonds is 6. The van der Waals surface area contributed by atoms with Gasteiger partial charge in [-0.15, -0.1) is 0 Å². The summed E-state index contributed by atoms with van der Waals surface area (Å²) >= 11 is 0. The first-order valence-corrected chi connectivity index (χ1v) is 8.53. The molecule has 25 heavy (non-hydrogen) atoms. The SMILES string of the molecule is Cc1cc(C(=O)COc2ccccc2C#N)c(C)n1C[C@@H]1CCCO1. The Kier molecular flexibility index (Phi) is 5.20. The molecule has 5 heteroatoms. The van der Waals surface area contributed by atoms with E-state index in [-0.39, 0.29) is 18.5 Å². The molecule has 5 nitrogen and oxygen atoms in total. The lowest BCUT2D eigenvalue weighted by Crippen LogP contribution is -2.18. The fraction of sp³-hybridized carbons (Fsp3) is 0.400. The van der Waals surface area contributed by atoms with Gasteiger partial charge in [0, 0.05) is 30.1 Å². The van der Waals surface area contributed by atoms with Gasteiger partial charge in [-0.05, 0) is 44.9 Å². The predicted molar refractivity (Wildman–Crippen MR) is 93.9 cm³/mol. The van der Waals surface area contributed by atoms with Crippen LogP contribution in [0.2, 0.25) is 0 Å². The van der Waals surface area contributed by atoms with Gasteiger partial charge in [0.15, 0.2) is 6.61 Å². The van der Waals surface area contributed by atoms with E-state index in [2.05, 4.69) is 10.6 Å². The van der Waals surface area contributed by atoms with Crippen LogP contribution in [0, 0.1) is 25.2 Å². The van der Waals surface area contributed by atoms with Crippen LogP contribution in [0.5, 0.6) is 5.75 Å². The molecule has 0 amide bonds. The zero-order valence-corrected chi connectivity index (χ0v) is 14.6. The van der Waals surface area contributed by atoms with Crippen molar-refractivity contribution in [3.05, 3.63) is 52.8 Å². The molecular weight excluding hydrogens is 316 g/mol. The fourth-order valence-corrected chi connectivity index (χ4v) is 3.26. The number of hydrogen-bond acceptors (Lipinski definition) is 4. The summed E-state index contributed by atoms with van der Waals surface area (Å²) in [5.74, 6) is 0.353. The summed E-state index contributed by atoms with van der Waals surface area (Å²) in [6.07, 6.45) is 2.39. The second-order valence-electron chi connectivity index (χ2n) is 6.35. The van der Waals surface area contributed by atoms with E-state index in [0.717, 1.165) is 37.4 Å². The highest BCUT2D eigenvalue weighted by atomic mass is 16.5. The fourth-order valence-electron chi connectivity index (χ4n) is 3.26. The lowest BCUT2D eigenvalue weighted by molar-refractivity contribution is 0.0914. The number of Topliss-reactive ketones (excluding diaryl/α,β-unsaturated/α-hetero) is 1. The van der Waals surface area contributed by atoms with Gasteiger partial charge in [-0.2, -0.15) is 5.26 Å². The van der Waals surface area contributed by atoms with Crippen molar-refractivity contribution >= 4 is 5.78 Å². The van der Waals surface area contributed by atoms with Gasteiger partial charge in [-0.3, -0.25) is 4.79 Å². The van der Waals surface area contributed by atoms with Crippen molar-refractivity contribution in [2.75, 3.05) is 13.2 Å². The first-order valence-electron chi connectivity index (χ1n) is 8.53. The van der Waals surface area contributed by atoms with Gasteiger partial charge >= 0.3 is 0 Å². The molecule has 1 saturated heterocycles. The van der Waals surface area contributed by atoms with E-state index < -0.39 is 0 Å². The number of nitriles is 1. The van der Waals surface area contributed by atoms with Crippen LogP contribution in [0.25, 0.3) is 0 Å². The molecule has 0 bridgehead atoms. The number of carbonyl (C=O) groups excluding carboxylic acids is 1. The lowest BCUT2D eigenvalue weighted by atomic mass is 10.1. The Morgan fingerprint density at radius 3 is 2.92 bits per heavy atom. The molecular formula is C20H22N2O3. The third-order valence-corrected chi connectivity index (χ3v) is 4.65. The molecule has 0 radical (unpaired) electrons. The van der Waals surface area contributed by atoms with Gasteiger partial charge in [-0.1, -0.05) is 12.1 Å². The summed E-state index contributed by atoms with van der Waals surface area (Å²) in [6.45, 7) is 5.48. The van der Waals surface area contributed by atoms with Crippen LogP contribution in [-0.2, 0) is 11.3 Å². The van der Waals surface area contributed by atoms with Crippen molar-refractivity contribution in [1.82, 2.24) is 4.57 Å². The monoisotopic (exact) mass is 338 g/mol. The molecule has 1 fully saturated rings. The van der Waals surface area contributed by atoms with E-state index in [1.807, 2.05) is 19.9 Å². The van der Waals surface area contributed by atoms with E-state index in [4.69, 9.17) is 14.7 Å². The Morgan fingerprint density at radius 1 is 1.40 bits per heavy atom. The number of hydrogen-bond donors (Lipinski definition) is 0. The van der Waals surface area contributed by atoms with Crippen molar-refractivity contribution in [2.45, 2.75) is 39.3 Å². The second-order valence-corrected chi connectivity index (χ2v) is 6.35. The van der Waals surface area contributed by atoms with E-state index >= 15 is 0 Å². The van der Waals surface area contributed by atoms with Crippen LogP contribution in [0.4, 0.5) is 0 Å². The molecule has 3 rings (SSSR count). The van der Waals surface area contributed by atoms with Crippen LogP contribution in [0.3, 0.4) is 0 Å². The summed E-state index contributed by atoms with van der Waals surface area (Å²) < 4.78 is 13.4. The molecule has 0 unspecified atom stereocenters. The van der Waals surface area contributed by atoms with Gasteiger partial charge in [0.05, 0.1) is 11.7 Å². The van der Waals surface area contributed by atoms with Gasteiger partial charge in [0.2, 0.25) is 5.78 Å². The smallest absolute Gasteiger partial charge is 0.202 e. The molecule has 130 valence electrons. The predicted octanol–water partition coefficient (Wildman–Crippen LogP) is 3.42. The summed E-state index contributed by atoms with van der Waals surface area (Å²) in [6, 6.07) is 10.9. The molecule has 0 aliphatic carbocycles. The molecule has 0 saturated carbocycles. The van der Waals surface area contributed by atoms with E-state index in [1.54, 1.807) is 24.3 Å². The normalized spacial score (nSPS) is 16.6. The standard InChI is InChI=1S/C20H22N2O3/c1-14-10-18(15(2)22(14)12-17-7-5-9-24-17)19(23)13-25-20-8-4-3-6-16(20)11-21/h3-4,6,8,10,17H,5,7,9,12-13H2,1-2H3/t17-/m0/s1. The third-order valence-electron chi connectivity index (χ3n) is 4.65. The zero-order valence-electron chi connectivity index (χ0n) is 14.6. The largest absolute Gasteiger partial charge is 0.484 e. The number of ether oxygens (including phenoxy) is 2. The highest BCUT2D eigenvalue weighted by Gasteiger charge is 2.21. The molecule has 1 aliphatic heterocycles. The number of benzene rings is 1. The van der Waals surface area contributed by atoms with Gasteiger partial charge in [0.1, 0.15) is 11.8 Å². The van der Waals surface area contributed by atoms with Gasteiger partial charge in [0.25, 0.3) is 0 Å². The van der Waals surface area contributed by atoms with Crippen LogP contribution < -0.4 is 4.74 Å². The lowest BCUT2D eigenvalue weighted by Gasteiger charge is -2.14. The zero-order chi connectivity index (χ0) is 17.8. The topological polar surface area (TPSA) is 64.2 Å². The molecule has 0 spiro atoms. The van der Waals surface area contributed by atoms with Crippen LogP contribution >= 0.6 is 0 Å². The quantitative estimate of drug-likeness (QED) is 0.757. The van der Waals surface area contributed by atoms with Gasteiger partial charge < -0.3 is 14.0 Å². The van der Waals surface area contributed by atoms with Gasteiger partial charge in [-0.25, -0.2) is 0 Å². The molecule has 1 aliphatic rings. The highest BCUT2D eigenvalue weighted by Crippen LogP contribution is 2.22. The highest BCUT2D eigenvalue weighted by molar-refractivity contribution is 5.98. The maximum atomic E-state index is 12.6. The number of aromatic nitrogens is 1. The number of nitrogens with zero attached hydrogens (tertiary/aromatic N) is 2. The minimum Gasteiger partial charge on any atom is -0.484 e. The Balaban J connectivity index is 1.71. The minimum atomic E-state index is -0.0839. The first kappa shape index (κ1) is 17.2. The first-order chi connectivity index (χ1) is 12.1. The van der Waals surface area contributed by atoms with Crippen molar-refractivity contribution in [2.24, 2.45) is 0 Å². The number of para-hydroxylation sites is 1. The maximum absolute atomic E-state index is 12.6. The van der Waals surface area contributed by atoms with Crippen LogP contribution in [0.15, 0.2) is 30.3 Å². The Labute approximate surface area is 147 Å². The summed E-state index contributed by atoms with van der Waals surface area (Å²) in [4.78, 5) is 12.6. The molecule has 1 aromatic heterocycles. The summed E-state index contributed by atoms with van der Waals surface area (Å²) in [5, 5.41) is 9.09. The molecule has 1 atom stereocenters. The average molecular weight is 338 g/mol. The summed E-state index contributed by atoms with van der Waals surface area (Å²) in [7, 11) is 0. The second kappa shape index (κ2) is 7.54. The van der Waals surface area contributed by atoms with Crippen LogP contribution in [-0.4, -0.2) is 29.7 Å². The minimum absolute atomic E-state index is 0.0804. The van der Waals surface area contributed by atoms with Crippen molar-refractivity contribution < 1.29 is 14.3 Å². The van der Waals surface area contributed by atoms with E-state index in [9.17, 15) is 4.79 Å². The van der Waals surface area contributed by atoms with Crippen molar-refractivity contribution in [3.63, 3.8) is 0 Å². The van der Waals surface area contributed by atoms with Crippen molar-refractivity contribution in [1.29, 1.82) is 5.26 Å². The average Bonchev–Trinajstić information content (AvgIpc) is 3.23. The van der Waals surface area contributed by atoms with E-state index in [0.29, 0.717) is 16.9 Å². The number of carbonyl (C=O) groups is 1.